The van der Waals surface area contributed by atoms with Gasteiger partial charge < -0.3 is 15.0 Å². The first-order valence-corrected chi connectivity index (χ1v) is 15.7. The van der Waals surface area contributed by atoms with Crippen molar-refractivity contribution in [1.82, 2.24) is 15.2 Å². The molecule has 9 nitrogen and oxygen atoms in total. The number of aromatic nitrogens is 1. The molecule has 0 radical (unpaired) electrons. The Bertz CT molecular complexity index is 1870. The molecule has 3 heterocycles. The van der Waals surface area contributed by atoms with Crippen LogP contribution in [0.2, 0.25) is 0 Å². The lowest BCUT2D eigenvalue weighted by Gasteiger charge is -2.43. The molecule has 0 bridgehead atoms. The van der Waals surface area contributed by atoms with Crippen LogP contribution in [0.25, 0.3) is 0 Å². The van der Waals surface area contributed by atoms with Gasteiger partial charge in [-0.2, -0.15) is 39.5 Å². The predicted octanol–water partition coefficient (Wildman–Crippen LogP) is 4.09. The number of fused-ring (bicyclic) bond motifs is 4. The summed E-state index contributed by atoms with van der Waals surface area (Å²) in [6, 6.07) is 0.866. The summed E-state index contributed by atoms with van der Waals surface area (Å²) >= 11 is 0. The number of hydrogen-bond donors (Lipinski definition) is 1. The van der Waals surface area contributed by atoms with Crippen LogP contribution in [-0.2, 0) is 45.8 Å². The van der Waals surface area contributed by atoms with Gasteiger partial charge in [0.2, 0.25) is 5.91 Å². The van der Waals surface area contributed by atoms with Crippen molar-refractivity contribution in [2.45, 2.75) is 77.2 Å². The molecule has 6 rings (SSSR count). The molecular formula is C28H20F11N3O6S. The number of likely N-dealkylation sites (tertiary alicyclic amines) is 1. The first kappa shape index (κ1) is 34.8. The van der Waals surface area contributed by atoms with E-state index >= 15 is 0 Å². The number of benzene rings is 1. The molecule has 3 fully saturated rings. The minimum atomic E-state index is -6.54. The summed E-state index contributed by atoms with van der Waals surface area (Å²) in [5.74, 6) is -7.29. The van der Waals surface area contributed by atoms with Gasteiger partial charge >= 0.3 is 30.2 Å². The molecule has 2 amide bonds. The largest absolute Gasteiger partial charge is 0.490 e. The van der Waals surface area contributed by atoms with Crippen LogP contribution in [0.5, 0.6) is 0 Å². The highest BCUT2D eigenvalue weighted by molar-refractivity contribution is 7.92. The Balaban J connectivity index is 1.43. The van der Waals surface area contributed by atoms with E-state index in [0.717, 1.165) is 23.1 Å². The molecule has 2 aliphatic carbocycles. The van der Waals surface area contributed by atoms with E-state index in [1.807, 2.05) is 0 Å². The number of nitrogens with zero attached hydrogens (tertiary/aromatic N) is 2. The Morgan fingerprint density at radius 2 is 1.63 bits per heavy atom. The highest BCUT2D eigenvalue weighted by atomic mass is 32.2. The highest BCUT2D eigenvalue weighted by Gasteiger charge is 2.76. The number of piperidine rings is 1. The third kappa shape index (κ3) is 4.80. The SMILES string of the molecule is O=C([C@H]1NC(=O)[C@@]2(OC(=O)C(F)(F)F)C[C@@H]12)N1CCC2(S(=O)(=O)c3cccc(F)c3)c3ccc(C(F)(C(F)(F)F)C(F)(F)F)nc3CCC12. The van der Waals surface area contributed by atoms with Gasteiger partial charge in [-0.3, -0.25) is 14.6 Å². The smallest absolute Gasteiger partial charge is 0.442 e. The van der Waals surface area contributed by atoms with Crippen molar-refractivity contribution < 1.29 is 75.8 Å². The van der Waals surface area contributed by atoms with Crippen molar-refractivity contribution in [2.24, 2.45) is 5.92 Å². The highest BCUT2D eigenvalue weighted by Crippen LogP contribution is 2.58. The first-order chi connectivity index (χ1) is 22.4. The van der Waals surface area contributed by atoms with E-state index in [2.05, 4.69) is 15.0 Å². The van der Waals surface area contributed by atoms with Crippen molar-refractivity contribution in [3.63, 3.8) is 0 Å². The second kappa shape index (κ2) is 10.5. The van der Waals surface area contributed by atoms with Crippen molar-refractivity contribution in [3.05, 3.63) is 59.2 Å². The second-order valence-corrected chi connectivity index (χ2v) is 14.3. The summed E-state index contributed by atoms with van der Waals surface area (Å²) in [5, 5.41) is 2.14. The van der Waals surface area contributed by atoms with E-state index in [1.165, 1.54) is 0 Å². The number of ether oxygens (including phenoxy) is 1. The number of rotatable bonds is 5. The van der Waals surface area contributed by atoms with Gasteiger partial charge in [-0.1, -0.05) is 12.1 Å². The number of carbonyl (C=O) groups excluding carboxylic acids is 3. The monoisotopic (exact) mass is 735 g/mol. The topological polar surface area (TPSA) is 123 Å². The molecule has 1 saturated carbocycles. The van der Waals surface area contributed by atoms with Crippen LogP contribution in [0.4, 0.5) is 48.3 Å². The van der Waals surface area contributed by atoms with Gasteiger partial charge in [-0.15, -0.1) is 0 Å². The van der Waals surface area contributed by atoms with Gasteiger partial charge in [0.15, 0.2) is 15.4 Å². The van der Waals surface area contributed by atoms with Crippen LogP contribution >= 0.6 is 0 Å². The van der Waals surface area contributed by atoms with Gasteiger partial charge in [0.1, 0.15) is 16.6 Å². The molecule has 1 aromatic heterocycles. The predicted molar refractivity (Wildman–Crippen MR) is 138 cm³/mol. The van der Waals surface area contributed by atoms with Crippen molar-refractivity contribution in [2.75, 3.05) is 6.54 Å². The quantitative estimate of drug-likeness (QED) is 0.363. The molecule has 2 aliphatic heterocycles. The molecule has 4 aliphatic rings. The van der Waals surface area contributed by atoms with E-state index in [1.54, 1.807) is 0 Å². The van der Waals surface area contributed by atoms with Gasteiger partial charge in [0, 0.05) is 24.6 Å². The van der Waals surface area contributed by atoms with Crippen LogP contribution in [0.3, 0.4) is 0 Å². The summed E-state index contributed by atoms with van der Waals surface area (Å²) in [4.78, 5) is 41.5. The maximum Gasteiger partial charge on any atom is 0.490 e. The average molecular weight is 736 g/mol. The number of nitrogens with one attached hydrogen (secondary N) is 1. The van der Waals surface area contributed by atoms with E-state index in [9.17, 15) is 71.1 Å². The average Bonchev–Trinajstić information content (AvgIpc) is 3.45. The molecular weight excluding hydrogens is 715 g/mol. The molecule has 2 saturated heterocycles. The Morgan fingerprint density at radius 3 is 2.20 bits per heavy atom. The van der Waals surface area contributed by atoms with E-state index < -0.39 is 140 Å². The molecule has 2 aromatic rings. The lowest BCUT2D eigenvalue weighted by molar-refractivity contribution is -0.350. The Morgan fingerprint density at radius 1 is 0.980 bits per heavy atom. The number of carbonyl (C=O) groups is 3. The fourth-order valence-corrected chi connectivity index (χ4v) is 9.59. The molecule has 266 valence electrons. The van der Waals surface area contributed by atoms with Crippen LogP contribution < -0.4 is 5.32 Å². The van der Waals surface area contributed by atoms with Crippen LogP contribution in [0.1, 0.15) is 36.2 Å². The Hall–Kier alpha value is -4.04. The zero-order chi connectivity index (χ0) is 36.3. The number of sulfone groups is 1. The normalized spacial score (nSPS) is 28.3. The number of pyridine rings is 1. The second-order valence-electron chi connectivity index (χ2n) is 12.1. The van der Waals surface area contributed by atoms with Crippen molar-refractivity contribution in [3.8, 4) is 0 Å². The summed E-state index contributed by atoms with van der Waals surface area (Å²) in [5.41, 5.74) is -11.6. The van der Waals surface area contributed by atoms with Gasteiger partial charge in [-0.25, -0.2) is 22.0 Å². The van der Waals surface area contributed by atoms with Crippen molar-refractivity contribution in [1.29, 1.82) is 0 Å². The fourth-order valence-electron chi connectivity index (χ4n) is 7.20. The van der Waals surface area contributed by atoms with E-state index in [0.29, 0.717) is 12.1 Å². The Labute approximate surface area is 267 Å². The lowest BCUT2D eigenvalue weighted by atomic mass is 9.80. The molecule has 0 spiro atoms. The number of amides is 2. The summed E-state index contributed by atoms with van der Waals surface area (Å²) < 4.78 is 180. The van der Waals surface area contributed by atoms with Gasteiger partial charge in [0.05, 0.1) is 16.6 Å². The molecule has 21 heteroatoms. The first-order valence-electron chi connectivity index (χ1n) is 14.2. The number of esters is 1. The summed E-state index contributed by atoms with van der Waals surface area (Å²) in [6.07, 6.45) is -20.7. The Kier molecular flexibility index (Phi) is 7.45. The number of hydrogen-bond acceptors (Lipinski definition) is 7. The number of aryl methyl sites for hydroxylation is 1. The molecule has 1 aromatic carbocycles. The fraction of sp³-hybridized carbons (Fsp3) is 0.500. The van der Waals surface area contributed by atoms with Gasteiger partial charge in [0.25, 0.3) is 5.91 Å². The van der Waals surface area contributed by atoms with Crippen LogP contribution in [0, 0.1) is 11.7 Å². The minimum absolute atomic E-state index is 0.0280. The van der Waals surface area contributed by atoms with Crippen LogP contribution in [0.15, 0.2) is 41.3 Å². The molecule has 2 unspecified atom stereocenters. The van der Waals surface area contributed by atoms with E-state index in [4.69, 9.17) is 0 Å². The lowest BCUT2D eigenvalue weighted by Crippen LogP contribution is -2.56. The standard InChI is InChI=1S/C28H20F11N3O6S/c29-12-2-1-3-13(10-12)49(46,47)24-8-9-42(20(43)19-15-11-23(15,21(44)41-19)48-22(45)26(31,32)33)18(24)7-5-16-14(24)4-6-17(40-16)25(30,27(34,35)36)28(37,38)39/h1-4,6,10,15,18-19H,5,7-9,11H2,(H,41,44)/t15-,18?,19-,23+,24?/m0/s1. The maximum absolute atomic E-state index is 14.9. The number of halogens is 11. The number of alkyl halides is 10. The van der Waals surface area contributed by atoms with Crippen molar-refractivity contribution >= 4 is 27.6 Å². The third-order valence-corrected chi connectivity index (χ3v) is 12.1. The summed E-state index contributed by atoms with van der Waals surface area (Å²) in [7, 11) is -4.94. The maximum atomic E-state index is 14.9. The van der Waals surface area contributed by atoms with E-state index in [-0.39, 0.29) is 6.07 Å². The molecule has 1 N–H and O–H groups in total. The minimum Gasteiger partial charge on any atom is -0.442 e. The zero-order valence-electron chi connectivity index (χ0n) is 24.1. The van der Waals surface area contributed by atoms with Crippen LogP contribution in [-0.4, -0.2) is 78.8 Å². The zero-order valence-corrected chi connectivity index (χ0v) is 25.0. The summed E-state index contributed by atoms with van der Waals surface area (Å²) in [6.45, 7) is -0.494. The van der Waals surface area contributed by atoms with Gasteiger partial charge in [-0.05, 0) is 49.1 Å². The molecule has 49 heavy (non-hydrogen) atoms. The third-order valence-electron chi connectivity index (χ3n) is 9.53. The molecule has 5 atom stereocenters.